The van der Waals surface area contributed by atoms with Gasteiger partial charge >= 0.3 is 23.6 Å². The van der Waals surface area contributed by atoms with Crippen molar-refractivity contribution in [2.45, 2.75) is 51.6 Å². The number of amides is 2. The van der Waals surface area contributed by atoms with Crippen molar-refractivity contribution in [2.75, 3.05) is 13.1 Å². The minimum absolute atomic E-state index is 0.0447. The van der Waals surface area contributed by atoms with Crippen molar-refractivity contribution in [1.29, 1.82) is 0 Å². The van der Waals surface area contributed by atoms with Crippen LogP contribution in [0.5, 0.6) is 0 Å². The van der Waals surface area contributed by atoms with Gasteiger partial charge in [0.15, 0.2) is 47.5 Å². The van der Waals surface area contributed by atoms with Crippen LogP contribution >= 0.6 is 58.0 Å². The highest BCUT2D eigenvalue weighted by molar-refractivity contribution is 6.36. The lowest BCUT2D eigenvalue weighted by atomic mass is 10.0. The Hall–Kier alpha value is -8.05. The van der Waals surface area contributed by atoms with Crippen LogP contribution in [0.1, 0.15) is 55.1 Å². The Bertz CT molecular complexity index is 3510. The van der Waals surface area contributed by atoms with Gasteiger partial charge in [-0.1, -0.05) is 105 Å². The molecule has 0 unspecified atom stereocenters. The van der Waals surface area contributed by atoms with Gasteiger partial charge < -0.3 is 48.1 Å². The van der Waals surface area contributed by atoms with Crippen LogP contribution in [0.25, 0.3) is 22.3 Å². The average Bonchev–Trinajstić information content (AvgIpc) is 4.23. The van der Waals surface area contributed by atoms with E-state index >= 15 is 0 Å². The standard InChI is InChI=1S/C24H21Cl2N5O8.C19H17Cl2N5O5.C5H5ClO3/c1-13-21(39-24(36)38-13)12-37-31-10-19(27-29-31)22(33)28-30(11-20(32)23(34)35)9-14-2-4-15(5-3-14)17-8-16(25)6-7-18(17)26;20-13-5-6-15(21)14(7-13)12-3-1-11(2-4-12)8-25(10-17(27)19(29)30)23-18(28)16-9-26(31)24-22-16;1-3-4(2-6)9-5(7)8-3/h2-8,10,20,32H,9,11-12H2,1H3,(H,28,33)(H,34,35);1-7,9,17,27,31H,8,10H2,(H,23,28)(H,29,30);2H2,1H3/t20-;17-;/m11./s1. The maximum atomic E-state index is 12.8. The first kappa shape index (κ1) is 60.2. The number of carboxylic acid groups (broad SMARTS) is 2. The molecule has 31 heteroatoms. The van der Waals surface area contributed by atoms with Crippen molar-refractivity contribution in [1.82, 2.24) is 51.2 Å². The third-order valence-electron chi connectivity index (χ3n) is 10.6. The fourth-order valence-electron chi connectivity index (χ4n) is 6.63. The molecule has 0 bridgehead atoms. The molecule has 2 amide bonds. The first-order valence-electron chi connectivity index (χ1n) is 22.5. The molecule has 0 saturated heterocycles. The topological polar surface area (TPSA) is 357 Å². The van der Waals surface area contributed by atoms with Crippen LogP contribution in [-0.2, 0) is 35.2 Å². The summed E-state index contributed by atoms with van der Waals surface area (Å²) in [6.07, 6.45) is -1.37. The molecule has 0 fully saturated rings. The Balaban J connectivity index is 0.000000224. The lowest BCUT2D eigenvalue weighted by Crippen LogP contribution is -2.47. The number of nitrogens with zero attached hydrogens (tertiary/aromatic N) is 8. The summed E-state index contributed by atoms with van der Waals surface area (Å²) < 4.78 is 18.6. The molecule has 4 heterocycles. The minimum Gasteiger partial charge on any atom is -0.479 e. The lowest BCUT2D eigenvalue weighted by molar-refractivity contribution is -0.148. The summed E-state index contributed by atoms with van der Waals surface area (Å²) in [6, 6.07) is 24.5. The van der Waals surface area contributed by atoms with E-state index in [4.69, 9.17) is 87.1 Å². The summed E-state index contributed by atoms with van der Waals surface area (Å²) in [6.45, 7) is 2.24. The van der Waals surface area contributed by atoms with E-state index in [0.717, 1.165) is 39.5 Å². The number of aliphatic hydroxyl groups excluding tert-OH is 2. The summed E-state index contributed by atoms with van der Waals surface area (Å²) >= 11 is 30.0. The predicted octanol–water partition coefficient (Wildman–Crippen LogP) is 5.69. The van der Waals surface area contributed by atoms with E-state index < -0.39 is 60.7 Å². The smallest absolute Gasteiger partial charge is 0.479 e. The molecule has 8 rings (SSSR count). The molecule has 4 aromatic carbocycles. The Morgan fingerprint density at radius 1 is 0.633 bits per heavy atom. The number of hydrogen-bond donors (Lipinski definition) is 7. The van der Waals surface area contributed by atoms with Gasteiger partial charge in [0.1, 0.15) is 12.0 Å². The summed E-state index contributed by atoms with van der Waals surface area (Å²) in [4.78, 5) is 75.3. The van der Waals surface area contributed by atoms with E-state index in [9.17, 15) is 39.0 Å². The quantitative estimate of drug-likeness (QED) is 0.0274. The average molecular weight is 1190 g/mol. The number of aliphatic hydroxyl groups is 2. The zero-order chi connectivity index (χ0) is 57.5. The van der Waals surface area contributed by atoms with Crippen LogP contribution in [0, 0.1) is 13.8 Å². The number of alkyl halides is 1. The van der Waals surface area contributed by atoms with E-state index in [1.165, 1.54) is 16.9 Å². The number of benzene rings is 4. The maximum Gasteiger partial charge on any atom is 0.519 e. The fourth-order valence-corrected chi connectivity index (χ4v) is 7.68. The van der Waals surface area contributed by atoms with Crippen LogP contribution in [0.2, 0.25) is 20.1 Å². The Morgan fingerprint density at radius 3 is 1.44 bits per heavy atom. The van der Waals surface area contributed by atoms with Gasteiger partial charge in [-0.25, -0.2) is 29.2 Å². The maximum absolute atomic E-state index is 12.8. The third-order valence-corrected chi connectivity index (χ3v) is 11.9. The van der Waals surface area contributed by atoms with Gasteiger partial charge in [-0.2, -0.15) is 0 Å². The number of carbonyl (C=O) groups excluding carboxylic acids is 2. The van der Waals surface area contributed by atoms with Gasteiger partial charge in [-0.05, 0) is 82.9 Å². The second-order valence-corrected chi connectivity index (χ2v) is 18.3. The molecule has 2 atom stereocenters. The van der Waals surface area contributed by atoms with Crippen LogP contribution in [0.15, 0.2) is 125 Å². The van der Waals surface area contributed by atoms with Gasteiger partial charge in [0, 0.05) is 44.3 Å². The fraction of sp³-hybridized carbons (Fsp3) is 0.208. The van der Waals surface area contributed by atoms with E-state index in [0.29, 0.717) is 47.6 Å². The summed E-state index contributed by atoms with van der Waals surface area (Å²) in [7, 11) is 0. The highest BCUT2D eigenvalue weighted by Crippen LogP contribution is 2.32. The molecule has 4 aromatic heterocycles. The molecular formula is C48H43Cl5N10O16. The number of rotatable bonds is 20. The zero-order valence-corrected chi connectivity index (χ0v) is 44.6. The highest BCUT2D eigenvalue weighted by Gasteiger charge is 2.24. The number of halogens is 5. The Morgan fingerprint density at radius 2 is 1.06 bits per heavy atom. The third kappa shape index (κ3) is 17.7. The molecule has 0 spiro atoms. The lowest BCUT2D eigenvalue weighted by Gasteiger charge is -2.24. The molecular weight excluding hydrogens is 1150 g/mol. The number of hydrazine groups is 2. The molecule has 0 saturated carbocycles. The van der Waals surface area contributed by atoms with E-state index in [-0.39, 0.29) is 48.5 Å². The van der Waals surface area contributed by atoms with E-state index in [1.54, 1.807) is 91.9 Å². The van der Waals surface area contributed by atoms with Crippen LogP contribution in [0.4, 0.5) is 0 Å². The van der Waals surface area contributed by atoms with Gasteiger partial charge in [0.05, 0.1) is 25.2 Å². The molecule has 8 aromatic rings. The minimum atomic E-state index is -1.78. The van der Waals surface area contributed by atoms with E-state index in [1.807, 2.05) is 0 Å². The second-order valence-electron chi connectivity index (χ2n) is 16.3. The van der Waals surface area contributed by atoms with Crippen molar-refractivity contribution in [2.24, 2.45) is 0 Å². The summed E-state index contributed by atoms with van der Waals surface area (Å²) in [5, 5.41) is 65.6. The number of carbonyl (C=O) groups is 4. The second kappa shape index (κ2) is 28.0. The molecule has 0 aliphatic heterocycles. The Labute approximate surface area is 469 Å². The molecule has 7 N–H and O–H groups in total. The molecule has 79 heavy (non-hydrogen) atoms. The molecule has 0 radical (unpaired) electrons. The van der Waals surface area contributed by atoms with Crippen molar-refractivity contribution in [3.63, 3.8) is 0 Å². The van der Waals surface area contributed by atoms with Gasteiger partial charge in [0.25, 0.3) is 11.8 Å². The molecule has 0 aliphatic carbocycles. The Kier molecular flexibility index (Phi) is 21.3. The normalized spacial score (nSPS) is 11.7. The number of aryl methyl sites for hydroxylation is 2. The molecule has 26 nitrogen and oxygen atoms in total. The number of carboxylic acids is 2. The highest BCUT2D eigenvalue weighted by atomic mass is 35.5. The number of hydrogen-bond acceptors (Lipinski definition) is 20. The predicted molar refractivity (Wildman–Crippen MR) is 278 cm³/mol. The number of nitrogens with one attached hydrogen (secondary N) is 2. The van der Waals surface area contributed by atoms with Crippen molar-refractivity contribution >= 4 is 81.8 Å². The van der Waals surface area contributed by atoms with Gasteiger partial charge in [-0.15, -0.1) is 21.8 Å². The summed E-state index contributed by atoms with van der Waals surface area (Å²) in [5.74, 6) is -4.54. The first-order chi connectivity index (χ1) is 37.5. The van der Waals surface area contributed by atoms with Crippen LogP contribution in [-0.4, -0.2) is 115 Å². The van der Waals surface area contributed by atoms with Crippen LogP contribution in [0.3, 0.4) is 0 Å². The zero-order valence-electron chi connectivity index (χ0n) is 40.8. The van der Waals surface area contributed by atoms with Crippen LogP contribution < -0.4 is 27.3 Å². The summed E-state index contributed by atoms with van der Waals surface area (Å²) in [5.41, 5.74) is 9.12. The molecule has 0 aliphatic rings. The van der Waals surface area contributed by atoms with Crippen molar-refractivity contribution < 1.29 is 67.3 Å². The number of aliphatic carboxylic acids is 2. The SMILES string of the molecule is Cc1oc(=O)oc1CCl.Cc1oc(=O)oc1COn1cc(C(=O)NN(Cc2ccc(-c3cc(Cl)ccc3Cl)cc2)C[C@@H](O)C(=O)O)nn1.O=C(NN(Cc1ccc(-c2cc(Cl)ccc2Cl)cc1)C[C@@H](O)C(=O)O)c1cn(O)nn1. The monoisotopic (exact) mass is 1190 g/mol. The van der Waals surface area contributed by atoms with Gasteiger partial charge in [0.2, 0.25) is 0 Å². The van der Waals surface area contributed by atoms with E-state index in [2.05, 4.69) is 40.3 Å². The van der Waals surface area contributed by atoms with Crippen molar-refractivity contribution in [3.8, 4) is 22.3 Å². The van der Waals surface area contributed by atoms with Crippen molar-refractivity contribution in [3.05, 3.63) is 184 Å². The number of aromatic nitrogens is 6. The van der Waals surface area contributed by atoms with Gasteiger partial charge in [-0.3, -0.25) is 20.4 Å². The first-order valence-corrected chi connectivity index (χ1v) is 24.5. The molecule has 416 valence electrons. The largest absolute Gasteiger partial charge is 0.519 e.